The Morgan fingerprint density at radius 3 is 2.67 bits per heavy atom. The summed E-state index contributed by atoms with van der Waals surface area (Å²) < 4.78 is 38.9. The maximum atomic E-state index is 12.5. The summed E-state index contributed by atoms with van der Waals surface area (Å²) >= 11 is 5.64. The van der Waals surface area contributed by atoms with Crippen molar-refractivity contribution in [3.63, 3.8) is 0 Å². The Kier molecular flexibility index (Phi) is 2.15. The summed E-state index contributed by atoms with van der Waals surface area (Å²) in [5, 5.41) is -0.363. The molecule has 80 valence electrons. The first-order valence-electron chi connectivity index (χ1n) is 4.10. The number of hydrogen-bond donors (Lipinski definition) is 0. The van der Waals surface area contributed by atoms with E-state index in [9.17, 15) is 13.2 Å². The van der Waals surface area contributed by atoms with Crippen molar-refractivity contribution in [2.24, 2.45) is 0 Å². The molecule has 0 radical (unpaired) electrons. The summed E-state index contributed by atoms with van der Waals surface area (Å²) in [6.45, 7) is 1.69. The average Bonchev–Trinajstić information content (AvgIpc) is 2.44. The van der Waals surface area contributed by atoms with Gasteiger partial charge in [0.25, 0.3) is 0 Å². The van der Waals surface area contributed by atoms with Gasteiger partial charge in [-0.05, 0) is 13.0 Å². The molecule has 0 aliphatic carbocycles. The molecule has 0 saturated heterocycles. The van der Waals surface area contributed by atoms with E-state index in [0.717, 1.165) is 6.07 Å². The van der Waals surface area contributed by atoms with Crippen LogP contribution in [0.2, 0.25) is 5.02 Å². The fraction of sp³-hybridized carbons (Fsp3) is 0.222. The molecule has 0 aliphatic heterocycles. The third-order valence-corrected chi connectivity index (χ3v) is 2.37. The van der Waals surface area contributed by atoms with Gasteiger partial charge in [-0.25, -0.2) is 4.98 Å². The summed E-state index contributed by atoms with van der Waals surface area (Å²) in [4.78, 5) is 3.92. The molecule has 0 bridgehead atoms. The molecule has 2 nitrogen and oxygen atoms in total. The Morgan fingerprint density at radius 2 is 2.07 bits per heavy atom. The van der Waals surface area contributed by atoms with Gasteiger partial charge in [0.1, 0.15) is 0 Å². The van der Waals surface area contributed by atoms with Crippen molar-refractivity contribution in [1.82, 2.24) is 9.38 Å². The van der Waals surface area contributed by atoms with Crippen LogP contribution < -0.4 is 0 Å². The molecule has 15 heavy (non-hydrogen) atoms. The maximum absolute atomic E-state index is 12.5. The van der Waals surface area contributed by atoms with Crippen LogP contribution in [0.1, 0.15) is 11.3 Å². The minimum Gasteiger partial charge on any atom is -0.306 e. The number of aromatic nitrogens is 2. The second kappa shape index (κ2) is 3.13. The third kappa shape index (κ3) is 1.67. The Bertz CT molecular complexity index is 516. The number of hydrogen-bond acceptors (Lipinski definition) is 1. The fourth-order valence-corrected chi connectivity index (χ4v) is 1.67. The zero-order valence-electron chi connectivity index (χ0n) is 7.64. The van der Waals surface area contributed by atoms with E-state index >= 15 is 0 Å². The molecule has 0 aromatic carbocycles. The van der Waals surface area contributed by atoms with Crippen molar-refractivity contribution in [3.8, 4) is 0 Å². The molecule has 0 atom stereocenters. The van der Waals surface area contributed by atoms with Gasteiger partial charge in [-0.2, -0.15) is 13.2 Å². The van der Waals surface area contributed by atoms with Crippen LogP contribution in [0.3, 0.4) is 0 Å². The van der Waals surface area contributed by atoms with Crippen LogP contribution in [0.4, 0.5) is 13.2 Å². The van der Waals surface area contributed by atoms with Crippen LogP contribution in [-0.2, 0) is 6.18 Å². The SMILES string of the molecule is Cc1cn2ccc(C(F)(F)F)c(Cl)c2n1. The van der Waals surface area contributed by atoms with Gasteiger partial charge in [0.05, 0.1) is 16.3 Å². The van der Waals surface area contributed by atoms with Gasteiger partial charge in [-0.3, -0.25) is 0 Å². The van der Waals surface area contributed by atoms with Crippen molar-refractivity contribution in [2.75, 3.05) is 0 Å². The number of aryl methyl sites for hydroxylation is 1. The van der Waals surface area contributed by atoms with Crippen LogP contribution in [-0.4, -0.2) is 9.38 Å². The zero-order valence-corrected chi connectivity index (χ0v) is 8.39. The highest BCUT2D eigenvalue weighted by atomic mass is 35.5. The maximum Gasteiger partial charge on any atom is 0.418 e. The number of rotatable bonds is 0. The van der Waals surface area contributed by atoms with Crippen molar-refractivity contribution in [3.05, 3.63) is 34.7 Å². The van der Waals surface area contributed by atoms with Gasteiger partial charge in [-0.15, -0.1) is 0 Å². The standard InChI is InChI=1S/C9H6ClF3N2/c1-5-4-15-3-2-6(9(11,12)13)7(10)8(15)14-5/h2-4H,1H3. The van der Waals surface area contributed by atoms with E-state index < -0.39 is 11.7 Å². The van der Waals surface area contributed by atoms with Crippen molar-refractivity contribution < 1.29 is 13.2 Å². The lowest BCUT2D eigenvalue weighted by molar-refractivity contribution is -0.137. The molecule has 0 spiro atoms. The van der Waals surface area contributed by atoms with Crippen LogP contribution in [0.25, 0.3) is 5.65 Å². The van der Waals surface area contributed by atoms with Gasteiger partial charge < -0.3 is 4.40 Å². The summed E-state index contributed by atoms with van der Waals surface area (Å²) in [7, 11) is 0. The summed E-state index contributed by atoms with van der Waals surface area (Å²) in [5.74, 6) is 0. The van der Waals surface area contributed by atoms with Gasteiger partial charge in [-0.1, -0.05) is 11.6 Å². The molecule has 0 unspecified atom stereocenters. The van der Waals surface area contributed by atoms with Gasteiger partial charge in [0.15, 0.2) is 5.65 Å². The Balaban J connectivity index is 2.75. The van der Waals surface area contributed by atoms with E-state index in [1.54, 1.807) is 13.1 Å². The van der Waals surface area contributed by atoms with E-state index in [0.29, 0.717) is 5.69 Å². The Hall–Kier alpha value is -1.23. The molecule has 2 aromatic heterocycles. The second-order valence-corrected chi connectivity index (χ2v) is 3.53. The quantitative estimate of drug-likeness (QED) is 0.684. The monoisotopic (exact) mass is 234 g/mol. The highest BCUT2D eigenvalue weighted by molar-refractivity contribution is 6.34. The predicted molar refractivity (Wildman–Crippen MR) is 49.9 cm³/mol. The van der Waals surface area contributed by atoms with Crippen LogP contribution >= 0.6 is 11.6 Å². The molecule has 6 heteroatoms. The molecule has 2 aromatic rings. The van der Waals surface area contributed by atoms with E-state index in [2.05, 4.69) is 4.98 Å². The molecular formula is C9H6ClF3N2. The first kappa shape index (κ1) is 10.3. The van der Waals surface area contributed by atoms with E-state index in [1.165, 1.54) is 10.6 Å². The number of fused-ring (bicyclic) bond motifs is 1. The molecule has 2 heterocycles. The molecule has 0 fully saturated rings. The topological polar surface area (TPSA) is 17.3 Å². The number of imidazole rings is 1. The number of alkyl halides is 3. The summed E-state index contributed by atoms with van der Waals surface area (Å²) in [6.07, 6.45) is -1.54. The molecule has 0 N–H and O–H groups in total. The smallest absolute Gasteiger partial charge is 0.306 e. The number of pyridine rings is 1. The minimum absolute atomic E-state index is 0.129. The lowest BCUT2D eigenvalue weighted by Crippen LogP contribution is -2.06. The van der Waals surface area contributed by atoms with Crippen molar-refractivity contribution in [1.29, 1.82) is 0 Å². The first-order chi connectivity index (χ1) is 6.89. The molecule has 2 rings (SSSR count). The summed E-state index contributed by atoms with van der Waals surface area (Å²) in [5.41, 5.74) is -0.109. The second-order valence-electron chi connectivity index (χ2n) is 3.15. The van der Waals surface area contributed by atoms with Crippen LogP contribution in [0, 0.1) is 6.92 Å². The predicted octanol–water partition coefficient (Wildman–Crippen LogP) is 3.31. The fourth-order valence-electron chi connectivity index (χ4n) is 1.36. The van der Waals surface area contributed by atoms with Crippen LogP contribution in [0.15, 0.2) is 18.5 Å². The molecule has 0 amide bonds. The molecular weight excluding hydrogens is 229 g/mol. The van der Waals surface area contributed by atoms with Crippen molar-refractivity contribution in [2.45, 2.75) is 13.1 Å². The number of nitrogens with zero attached hydrogens (tertiary/aromatic N) is 2. The molecule has 0 saturated carbocycles. The normalized spacial score (nSPS) is 12.3. The van der Waals surface area contributed by atoms with E-state index in [4.69, 9.17) is 11.6 Å². The highest BCUT2D eigenvalue weighted by Gasteiger charge is 2.34. The van der Waals surface area contributed by atoms with Gasteiger partial charge in [0, 0.05) is 12.4 Å². The summed E-state index contributed by atoms with van der Waals surface area (Å²) in [6, 6.07) is 0.941. The Labute approximate surface area is 88.3 Å². The minimum atomic E-state index is -4.45. The van der Waals surface area contributed by atoms with Gasteiger partial charge in [0.2, 0.25) is 0 Å². The lowest BCUT2D eigenvalue weighted by Gasteiger charge is -2.08. The van der Waals surface area contributed by atoms with E-state index in [1.807, 2.05) is 0 Å². The Morgan fingerprint density at radius 1 is 1.40 bits per heavy atom. The number of halogens is 4. The van der Waals surface area contributed by atoms with Crippen molar-refractivity contribution >= 4 is 17.2 Å². The highest BCUT2D eigenvalue weighted by Crippen LogP contribution is 2.36. The largest absolute Gasteiger partial charge is 0.418 e. The zero-order chi connectivity index (χ0) is 11.2. The first-order valence-corrected chi connectivity index (χ1v) is 4.48. The average molecular weight is 235 g/mol. The molecule has 0 aliphatic rings. The lowest BCUT2D eigenvalue weighted by atomic mass is 10.2. The third-order valence-electron chi connectivity index (χ3n) is 1.99. The van der Waals surface area contributed by atoms with Gasteiger partial charge >= 0.3 is 6.18 Å². The van der Waals surface area contributed by atoms with E-state index in [-0.39, 0.29) is 10.7 Å². The van der Waals surface area contributed by atoms with Crippen LogP contribution in [0.5, 0.6) is 0 Å².